The third-order valence-corrected chi connectivity index (χ3v) is 4.89. The van der Waals surface area contributed by atoms with Crippen molar-refractivity contribution in [3.05, 3.63) is 29.8 Å². The van der Waals surface area contributed by atoms with Gasteiger partial charge in [-0.25, -0.2) is 0 Å². The van der Waals surface area contributed by atoms with Crippen LogP contribution in [0.1, 0.15) is 37.8 Å². The second-order valence-corrected chi connectivity index (χ2v) is 6.15. The number of fused-ring (bicyclic) bond motifs is 1. The highest BCUT2D eigenvalue weighted by Crippen LogP contribution is 2.44. The first-order chi connectivity index (χ1) is 9.13. The molecule has 1 fully saturated rings. The molecule has 3 unspecified atom stereocenters. The van der Waals surface area contributed by atoms with Gasteiger partial charge >= 0.3 is 0 Å². The second-order valence-electron chi connectivity index (χ2n) is 6.15. The lowest BCUT2D eigenvalue weighted by molar-refractivity contribution is -0.0384. The molecule has 0 bridgehead atoms. The number of para-hydroxylation sites is 1. The lowest BCUT2D eigenvalue weighted by atomic mass is 9.78. The molecular formula is C16H24N2O. The Labute approximate surface area is 115 Å². The molecule has 0 amide bonds. The lowest BCUT2D eigenvalue weighted by Gasteiger charge is -2.48. The molecule has 0 saturated carbocycles. The number of hydrogen-bond donors (Lipinski definition) is 1. The molecule has 0 aliphatic carbocycles. The third-order valence-electron chi connectivity index (χ3n) is 4.89. The maximum absolute atomic E-state index is 6.44. The molecule has 2 aliphatic rings. The highest BCUT2D eigenvalue weighted by Gasteiger charge is 2.44. The lowest BCUT2D eigenvalue weighted by Crippen LogP contribution is -2.53. The zero-order chi connectivity index (χ0) is 13.5. The monoisotopic (exact) mass is 260 g/mol. The van der Waals surface area contributed by atoms with Crippen LogP contribution >= 0.6 is 0 Å². The van der Waals surface area contributed by atoms with Gasteiger partial charge in [0.1, 0.15) is 11.4 Å². The highest BCUT2D eigenvalue weighted by molar-refractivity contribution is 5.39. The Morgan fingerprint density at radius 3 is 2.84 bits per heavy atom. The fourth-order valence-electron chi connectivity index (χ4n) is 3.55. The minimum Gasteiger partial charge on any atom is -0.487 e. The topological polar surface area (TPSA) is 24.5 Å². The van der Waals surface area contributed by atoms with Crippen molar-refractivity contribution in [1.29, 1.82) is 0 Å². The number of ether oxygens (including phenoxy) is 1. The normalized spacial score (nSPS) is 34.9. The zero-order valence-corrected chi connectivity index (χ0v) is 12.1. The van der Waals surface area contributed by atoms with Crippen LogP contribution in [-0.4, -0.2) is 37.2 Å². The summed E-state index contributed by atoms with van der Waals surface area (Å²) in [5, 5.41) is 3.46. The summed E-state index contributed by atoms with van der Waals surface area (Å²) in [5.74, 6) is 1.07. The Balaban J connectivity index is 1.91. The second kappa shape index (κ2) is 4.80. The number of nitrogens with one attached hydrogen (secondary N) is 1. The van der Waals surface area contributed by atoms with Gasteiger partial charge < -0.3 is 15.0 Å². The van der Waals surface area contributed by atoms with E-state index >= 15 is 0 Å². The molecule has 1 aromatic rings. The van der Waals surface area contributed by atoms with Crippen LogP contribution in [-0.2, 0) is 0 Å². The molecule has 3 rings (SSSR count). The first-order valence-electron chi connectivity index (χ1n) is 7.29. The Kier molecular flexibility index (Phi) is 3.27. The Morgan fingerprint density at radius 1 is 1.32 bits per heavy atom. The molecule has 3 heteroatoms. The molecule has 3 nitrogen and oxygen atoms in total. The molecule has 19 heavy (non-hydrogen) atoms. The number of hydrogen-bond acceptors (Lipinski definition) is 3. The Hall–Kier alpha value is -1.06. The van der Waals surface area contributed by atoms with Crippen molar-refractivity contribution in [2.45, 2.75) is 43.9 Å². The van der Waals surface area contributed by atoms with E-state index in [0.717, 1.165) is 31.6 Å². The van der Waals surface area contributed by atoms with Gasteiger partial charge in [0.25, 0.3) is 0 Å². The Bertz CT molecular complexity index is 462. The van der Waals surface area contributed by atoms with Crippen molar-refractivity contribution in [1.82, 2.24) is 10.2 Å². The molecule has 0 aromatic heterocycles. The number of benzene rings is 1. The van der Waals surface area contributed by atoms with E-state index in [-0.39, 0.29) is 5.60 Å². The molecule has 1 saturated heterocycles. The maximum Gasteiger partial charge on any atom is 0.124 e. The number of piperidine rings is 1. The average molecular weight is 260 g/mol. The highest BCUT2D eigenvalue weighted by atomic mass is 16.5. The standard InChI is InChI=1S/C16H24N2O/c1-12-10-16(8-9-18(12)3)11-14(17-2)13-6-4-5-7-15(13)19-16/h4-7,12,14,17H,8-11H2,1-3H3. The molecule has 2 heterocycles. The summed E-state index contributed by atoms with van der Waals surface area (Å²) in [6, 6.07) is 9.48. The maximum atomic E-state index is 6.44. The van der Waals surface area contributed by atoms with Crippen LogP contribution in [0.3, 0.4) is 0 Å². The van der Waals surface area contributed by atoms with E-state index in [0.29, 0.717) is 12.1 Å². The molecule has 104 valence electrons. The molecule has 1 N–H and O–H groups in total. The summed E-state index contributed by atoms with van der Waals surface area (Å²) in [6.07, 6.45) is 3.33. The average Bonchev–Trinajstić information content (AvgIpc) is 2.42. The summed E-state index contributed by atoms with van der Waals surface area (Å²) in [4.78, 5) is 2.43. The van der Waals surface area contributed by atoms with Crippen LogP contribution in [0.25, 0.3) is 0 Å². The van der Waals surface area contributed by atoms with E-state index in [4.69, 9.17) is 4.74 Å². The first kappa shape index (κ1) is 12.9. The first-order valence-corrected chi connectivity index (χ1v) is 7.29. The van der Waals surface area contributed by atoms with Gasteiger partial charge in [0, 0.05) is 37.0 Å². The summed E-state index contributed by atoms with van der Waals surface area (Å²) < 4.78 is 6.44. The van der Waals surface area contributed by atoms with Gasteiger partial charge in [-0.2, -0.15) is 0 Å². The van der Waals surface area contributed by atoms with Crippen LogP contribution in [0.5, 0.6) is 5.75 Å². The van der Waals surface area contributed by atoms with E-state index in [2.05, 4.69) is 55.5 Å². The molecule has 1 spiro atoms. The third kappa shape index (κ3) is 2.26. The van der Waals surface area contributed by atoms with Crippen LogP contribution in [0.4, 0.5) is 0 Å². The van der Waals surface area contributed by atoms with E-state index < -0.39 is 0 Å². The minimum atomic E-state index is 0.0218. The van der Waals surface area contributed by atoms with E-state index in [1.54, 1.807) is 0 Å². The predicted octanol–water partition coefficient (Wildman–Crippen LogP) is 2.58. The van der Waals surface area contributed by atoms with Crippen LogP contribution in [0.2, 0.25) is 0 Å². The predicted molar refractivity (Wildman–Crippen MR) is 77.5 cm³/mol. The van der Waals surface area contributed by atoms with E-state index in [1.165, 1.54) is 5.56 Å². The van der Waals surface area contributed by atoms with Crippen molar-refractivity contribution in [3.63, 3.8) is 0 Å². The van der Waals surface area contributed by atoms with Gasteiger partial charge in [-0.1, -0.05) is 18.2 Å². The zero-order valence-electron chi connectivity index (χ0n) is 12.1. The van der Waals surface area contributed by atoms with Crippen LogP contribution in [0, 0.1) is 0 Å². The van der Waals surface area contributed by atoms with Gasteiger partial charge in [0.2, 0.25) is 0 Å². The fourth-order valence-corrected chi connectivity index (χ4v) is 3.55. The summed E-state index contributed by atoms with van der Waals surface area (Å²) in [7, 11) is 4.27. The van der Waals surface area contributed by atoms with E-state index in [9.17, 15) is 0 Å². The van der Waals surface area contributed by atoms with Crippen molar-refractivity contribution in [2.24, 2.45) is 0 Å². The number of likely N-dealkylation sites (tertiary alicyclic amines) is 1. The fraction of sp³-hybridized carbons (Fsp3) is 0.625. The summed E-state index contributed by atoms with van der Waals surface area (Å²) >= 11 is 0. The SMILES string of the molecule is CNC1CC2(CCN(C)C(C)C2)Oc2ccccc21. The van der Waals surface area contributed by atoms with Crippen molar-refractivity contribution in [2.75, 3.05) is 20.6 Å². The molecular weight excluding hydrogens is 236 g/mol. The number of nitrogens with zero attached hydrogens (tertiary/aromatic N) is 1. The molecule has 1 aromatic carbocycles. The van der Waals surface area contributed by atoms with Crippen molar-refractivity contribution < 1.29 is 4.74 Å². The molecule has 2 aliphatic heterocycles. The van der Waals surface area contributed by atoms with Crippen molar-refractivity contribution >= 4 is 0 Å². The molecule has 0 radical (unpaired) electrons. The van der Waals surface area contributed by atoms with Gasteiger partial charge in [-0.15, -0.1) is 0 Å². The van der Waals surface area contributed by atoms with Crippen LogP contribution in [0.15, 0.2) is 24.3 Å². The quantitative estimate of drug-likeness (QED) is 0.840. The number of rotatable bonds is 1. The largest absolute Gasteiger partial charge is 0.487 e. The summed E-state index contributed by atoms with van der Waals surface area (Å²) in [5.41, 5.74) is 1.33. The van der Waals surface area contributed by atoms with Gasteiger partial charge in [-0.3, -0.25) is 0 Å². The van der Waals surface area contributed by atoms with E-state index in [1.807, 2.05) is 0 Å². The smallest absolute Gasteiger partial charge is 0.124 e. The molecule has 3 atom stereocenters. The Morgan fingerprint density at radius 2 is 2.11 bits per heavy atom. The van der Waals surface area contributed by atoms with Crippen LogP contribution < -0.4 is 10.1 Å². The summed E-state index contributed by atoms with van der Waals surface area (Å²) in [6.45, 7) is 3.43. The van der Waals surface area contributed by atoms with Gasteiger partial charge in [0.15, 0.2) is 0 Å². The van der Waals surface area contributed by atoms with Gasteiger partial charge in [0.05, 0.1) is 0 Å². The minimum absolute atomic E-state index is 0.0218. The van der Waals surface area contributed by atoms with Crippen molar-refractivity contribution in [3.8, 4) is 5.75 Å². The van der Waals surface area contributed by atoms with Gasteiger partial charge in [-0.05, 0) is 33.5 Å².